The van der Waals surface area contributed by atoms with Gasteiger partial charge in [-0.25, -0.2) is 4.98 Å². The molecule has 1 saturated heterocycles. The fourth-order valence-electron chi connectivity index (χ4n) is 3.97. The highest BCUT2D eigenvalue weighted by Gasteiger charge is 2.21. The maximum Gasteiger partial charge on any atom is 0.191 e. The molecule has 1 fully saturated rings. The second-order valence-electron chi connectivity index (χ2n) is 7.33. The number of nitrogens with two attached hydrogens (primary N) is 1. The highest BCUT2D eigenvalue weighted by atomic mass is 127. The molecule has 0 radical (unpaired) electrons. The van der Waals surface area contributed by atoms with Crippen LogP contribution in [0, 0.1) is 0 Å². The van der Waals surface area contributed by atoms with E-state index in [2.05, 4.69) is 44.0 Å². The van der Waals surface area contributed by atoms with E-state index in [1.165, 1.54) is 24.0 Å². The number of aryl methyl sites for hydroxylation is 1. The van der Waals surface area contributed by atoms with Crippen LogP contribution >= 0.6 is 35.3 Å². The number of fused-ring (bicyclic) bond motifs is 1. The Balaban J connectivity index is 0.00000240. The van der Waals surface area contributed by atoms with E-state index in [1.807, 2.05) is 11.6 Å². The Morgan fingerprint density at radius 2 is 2.07 bits per heavy atom. The van der Waals surface area contributed by atoms with Crippen molar-refractivity contribution in [3.63, 3.8) is 0 Å². The first-order chi connectivity index (χ1) is 13.8. The molecule has 2 heterocycles. The predicted octanol–water partition coefficient (Wildman–Crippen LogP) is 3.68. The quantitative estimate of drug-likeness (QED) is 0.269. The first-order valence-corrected chi connectivity index (χ1v) is 11.1. The number of hydrogen-bond donors (Lipinski definition) is 1. The second-order valence-corrected chi connectivity index (χ2v) is 8.21. The van der Waals surface area contributed by atoms with E-state index in [0.29, 0.717) is 12.5 Å². The zero-order valence-electron chi connectivity index (χ0n) is 16.7. The second kappa shape index (κ2) is 11.1. The zero-order valence-corrected chi connectivity index (χ0v) is 19.9. The Morgan fingerprint density at radius 1 is 1.24 bits per heavy atom. The molecule has 1 aromatic carbocycles. The topological polar surface area (TPSA) is 67.0 Å². The highest BCUT2D eigenvalue weighted by molar-refractivity contribution is 14.0. The molecule has 4 rings (SSSR count). The van der Waals surface area contributed by atoms with Crippen molar-refractivity contribution in [2.75, 3.05) is 44.2 Å². The van der Waals surface area contributed by atoms with E-state index >= 15 is 0 Å². The van der Waals surface area contributed by atoms with Crippen molar-refractivity contribution in [2.45, 2.75) is 31.8 Å². The summed E-state index contributed by atoms with van der Waals surface area (Å²) in [4.78, 5) is 13.4. The van der Waals surface area contributed by atoms with Gasteiger partial charge in [0.25, 0.3) is 0 Å². The van der Waals surface area contributed by atoms with E-state index in [9.17, 15) is 0 Å². The van der Waals surface area contributed by atoms with Crippen molar-refractivity contribution < 1.29 is 4.74 Å². The van der Waals surface area contributed by atoms with Gasteiger partial charge < -0.3 is 20.3 Å². The Labute approximate surface area is 194 Å². The van der Waals surface area contributed by atoms with Crippen LogP contribution in [-0.2, 0) is 11.2 Å². The number of nitrogens with zero attached hydrogens (tertiary/aromatic N) is 4. The van der Waals surface area contributed by atoms with Gasteiger partial charge in [0.1, 0.15) is 0 Å². The first-order valence-electron chi connectivity index (χ1n) is 10.2. The maximum absolute atomic E-state index is 6.20. The van der Waals surface area contributed by atoms with Gasteiger partial charge in [-0.3, -0.25) is 4.99 Å². The van der Waals surface area contributed by atoms with Gasteiger partial charge in [-0.05, 0) is 36.8 Å². The van der Waals surface area contributed by atoms with Crippen LogP contribution in [0.1, 0.15) is 36.5 Å². The smallest absolute Gasteiger partial charge is 0.191 e. The Kier molecular flexibility index (Phi) is 8.55. The summed E-state index contributed by atoms with van der Waals surface area (Å²) in [5.74, 6) is 0.654. The van der Waals surface area contributed by atoms with Crippen LogP contribution in [0.4, 0.5) is 5.13 Å². The lowest BCUT2D eigenvalue weighted by Crippen LogP contribution is -2.51. The van der Waals surface area contributed by atoms with Gasteiger partial charge in [-0.15, -0.1) is 35.3 Å². The lowest BCUT2D eigenvalue weighted by atomic mass is 9.89. The van der Waals surface area contributed by atoms with Crippen LogP contribution in [0.25, 0.3) is 0 Å². The average molecular weight is 527 g/mol. The molecule has 8 heteroatoms. The predicted molar refractivity (Wildman–Crippen MR) is 130 cm³/mol. The van der Waals surface area contributed by atoms with Crippen LogP contribution in [-0.4, -0.2) is 55.2 Å². The number of thiazole rings is 1. The SMILES string of the molecule is I.NC(=NCCCOC1CCCc2ccccc21)N1CCN(c2nccs2)CC1. The molecule has 0 bridgehead atoms. The third-order valence-electron chi connectivity index (χ3n) is 5.50. The average Bonchev–Trinajstić information content (AvgIpc) is 3.28. The number of aliphatic imine (C=N–C) groups is 1. The number of anilines is 1. The molecule has 2 N–H and O–H groups in total. The Morgan fingerprint density at radius 3 is 2.86 bits per heavy atom. The van der Waals surface area contributed by atoms with E-state index in [1.54, 1.807) is 11.3 Å². The molecule has 1 aliphatic carbocycles. The minimum Gasteiger partial charge on any atom is -0.373 e. The lowest BCUT2D eigenvalue weighted by Gasteiger charge is -2.35. The molecule has 29 heavy (non-hydrogen) atoms. The molecule has 1 unspecified atom stereocenters. The highest BCUT2D eigenvalue weighted by Crippen LogP contribution is 2.32. The van der Waals surface area contributed by atoms with Gasteiger partial charge >= 0.3 is 0 Å². The van der Waals surface area contributed by atoms with Gasteiger partial charge in [-0.2, -0.15) is 0 Å². The fourth-order valence-corrected chi connectivity index (χ4v) is 4.66. The van der Waals surface area contributed by atoms with Crippen LogP contribution in [0.2, 0.25) is 0 Å². The Bertz CT molecular complexity index is 777. The summed E-state index contributed by atoms with van der Waals surface area (Å²) in [5.41, 5.74) is 9.02. The molecule has 2 aromatic rings. The third-order valence-corrected chi connectivity index (χ3v) is 6.34. The van der Waals surface area contributed by atoms with Crippen LogP contribution in [0.15, 0.2) is 40.8 Å². The van der Waals surface area contributed by atoms with Crippen molar-refractivity contribution in [3.05, 3.63) is 47.0 Å². The molecule has 1 aliphatic heterocycles. The normalized spacial score (nSPS) is 19.6. The van der Waals surface area contributed by atoms with E-state index in [0.717, 1.165) is 50.8 Å². The molecule has 0 saturated carbocycles. The van der Waals surface area contributed by atoms with Crippen LogP contribution in [0.3, 0.4) is 0 Å². The number of hydrogen-bond acceptors (Lipinski definition) is 5. The van der Waals surface area contributed by atoms with Crippen LogP contribution < -0.4 is 10.6 Å². The third kappa shape index (κ3) is 5.82. The summed E-state index contributed by atoms with van der Waals surface area (Å²) < 4.78 is 6.16. The van der Waals surface area contributed by atoms with Crippen molar-refractivity contribution >= 4 is 46.4 Å². The molecular formula is C21H30IN5OS. The van der Waals surface area contributed by atoms with Crippen molar-refractivity contribution in [1.29, 1.82) is 0 Å². The number of rotatable bonds is 6. The number of guanidine groups is 1. The molecule has 6 nitrogen and oxygen atoms in total. The summed E-state index contributed by atoms with van der Waals surface area (Å²) in [6.45, 7) is 5.11. The van der Waals surface area contributed by atoms with Gasteiger partial charge in [-0.1, -0.05) is 24.3 Å². The zero-order chi connectivity index (χ0) is 19.2. The minimum absolute atomic E-state index is 0. The van der Waals surface area contributed by atoms with E-state index < -0.39 is 0 Å². The van der Waals surface area contributed by atoms with Gasteiger partial charge in [0.15, 0.2) is 11.1 Å². The minimum atomic E-state index is 0. The number of halogens is 1. The van der Waals surface area contributed by atoms with E-state index in [-0.39, 0.29) is 30.1 Å². The largest absolute Gasteiger partial charge is 0.373 e. The molecule has 158 valence electrons. The maximum atomic E-state index is 6.20. The number of ether oxygens (including phenoxy) is 1. The van der Waals surface area contributed by atoms with E-state index in [4.69, 9.17) is 10.5 Å². The number of aromatic nitrogens is 1. The van der Waals surface area contributed by atoms with Crippen molar-refractivity contribution in [1.82, 2.24) is 9.88 Å². The van der Waals surface area contributed by atoms with Gasteiger partial charge in [0.05, 0.1) is 6.10 Å². The molecule has 1 atom stereocenters. The fraction of sp³-hybridized carbons (Fsp3) is 0.524. The monoisotopic (exact) mass is 527 g/mol. The molecular weight excluding hydrogens is 497 g/mol. The van der Waals surface area contributed by atoms with Gasteiger partial charge in [0, 0.05) is 50.9 Å². The number of piperazine rings is 1. The standard InChI is InChI=1S/C21H29N5OS.HI/c22-20(25-11-13-26(14-12-25)21-24-10-16-28-21)23-9-4-15-27-19-8-3-6-17-5-1-2-7-18(17)19;/h1-2,5,7,10,16,19H,3-4,6,8-9,11-15H2,(H2,22,23);1H. The number of benzene rings is 1. The summed E-state index contributed by atoms with van der Waals surface area (Å²) in [6, 6.07) is 8.67. The summed E-state index contributed by atoms with van der Waals surface area (Å²) in [6.07, 6.45) is 6.50. The lowest BCUT2D eigenvalue weighted by molar-refractivity contribution is 0.0402. The van der Waals surface area contributed by atoms with Gasteiger partial charge in [0.2, 0.25) is 0 Å². The summed E-state index contributed by atoms with van der Waals surface area (Å²) >= 11 is 1.69. The summed E-state index contributed by atoms with van der Waals surface area (Å²) in [5, 5.41) is 3.11. The van der Waals surface area contributed by atoms with Crippen LogP contribution in [0.5, 0.6) is 0 Å². The molecule has 1 aromatic heterocycles. The molecule has 2 aliphatic rings. The summed E-state index contributed by atoms with van der Waals surface area (Å²) in [7, 11) is 0. The molecule has 0 spiro atoms. The van der Waals surface area contributed by atoms with Crippen molar-refractivity contribution in [3.8, 4) is 0 Å². The van der Waals surface area contributed by atoms with Crippen molar-refractivity contribution in [2.24, 2.45) is 10.7 Å². The molecule has 0 amide bonds. The Hall–Kier alpha value is -1.39. The first kappa shape index (κ1) is 22.3.